The molecule has 5 heteroatoms. The van der Waals surface area contributed by atoms with E-state index in [1.54, 1.807) is 24.5 Å². The van der Waals surface area contributed by atoms with Gasteiger partial charge < -0.3 is 4.98 Å². The monoisotopic (exact) mass is 194 g/mol. The van der Waals surface area contributed by atoms with Crippen LogP contribution in [-0.4, -0.2) is 9.97 Å². The van der Waals surface area contributed by atoms with Crippen molar-refractivity contribution in [2.45, 2.75) is 0 Å². The molecule has 0 spiro atoms. The summed E-state index contributed by atoms with van der Waals surface area (Å²) < 4.78 is 12.5. The molecule has 0 atom stereocenters. The van der Waals surface area contributed by atoms with Gasteiger partial charge in [-0.1, -0.05) is 0 Å². The number of H-pyrrole nitrogens is 1. The highest BCUT2D eigenvalue weighted by Crippen LogP contribution is 2.08. The standard InChI is InChI=1S/C9H9FN4.H2/c10-7-1-3-8(4-2-7)13-14-9-11-5-6-12-9;/h1-6,13H,(H2,11,12,14);1H. The predicted octanol–water partition coefficient (Wildman–Crippen LogP) is 2.23. The molecule has 0 bridgehead atoms. The number of imidazole rings is 1. The fraction of sp³-hybridized carbons (Fsp3) is 0. The van der Waals surface area contributed by atoms with Crippen LogP contribution in [0, 0.1) is 5.82 Å². The van der Waals surface area contributed by atoms with Crippen LogP contribution in [0.15, 0.2) is 36.7 Å². The Morgan fingerprint density at radius 1 is 1.21 bits per heavy atom. The molecule has 0 aliphatic heterocycles. The second-order valence-corrected chi connectivity index (χ2v) is 2.69. The lowest BCUT2D eigenvalue weighted by molar-refractivity contribution is 0.628. The molecule has 0 saturated carbocycles. The van der Waals surface area contributed by atoms with Crippen molar-refractivity contribution in [2.75, 3.05) is 10.9 Å². The minimum atomic E-state index is -0.256. The van der Waals surface area contributed by atoms with E-state index in [4.69, 9.17) is 0 Å². The number of anilines is 2. The summed E-state index contributed by atoms with van der Waals surface area (Å²) in [6, 6.07) is 6.02. The smallest absolute Gasteiger partial charge is 0.219 e. The van der Waals surface area contributed by atoms with Gasteiger partial charge in [0.25, 0.3) is 0 Å². The lowest BCUT2D eigenvalue weighted by Gasteiger charge is -2.05. The highest BCUT2D eigenvalue weighted by Gasteiger charge is 1.93. The van der Waals surface area contributed by atoms with E-state index >= 15 is 0 Å². The Hall–Kier alpha value is -2.04. The zero-order valence-corrected chi connectivity index (χ0v) is 7.29. The third-order valence-electron chi connectivity index (χ3n) is 1.67. The Labute approximate surface area is 81.6 Å². The first-order valence-corrected chi connectivity index (χ1v) is 4.11. The van der Waals surface area contributed by atoms with E-state index in [1.165, 1.54) is 12.1 Å². The lowest BCUT2D eigenvalue weighted by atomic mass is 10.3. The summed E-state index contributed by atoms with van der Waals surface area (Å²) in [4.78, 5) is 6.81. The van der Waals surface area contributed by atoms with Crippen molar-refractivity contribution in [3.05, 3.63) is 42.5 Å². The van der Waals surface area contributed by atoms with Gasteiger partial charge in [-0.15, -0.1) is 0 Å². The minimum absolute atomic E-state index is 0. The zero-order valence-electron chi connectivity index (χ0n) is 7.29. The maximum absolute atomic E-state index is 12.5. The molecular formula is C9H11FN4. The number of benzene rings is 1. The van der Waals surface area contributed by atoms with Gasteiger partial charge in [0, 0.05) is 13.8 Å². The molecule has 0 unspecified atom stereocenters. The zero-order chi connectivity index (χ0) is 9.80. The number of hydrazine groups is 1. The maximum atomic E-state index is 12.5. The van der Waals surface area contributed by atoms with Crippen LogP contribution in [0.5, 0.6) is 0 Å². The van der Waals surface area contributed by atoms with Crippen molar-refractivity contribution in [3.8, 4) is 0 Å². The molecule has 1 aromatic carbocycles. The molecule has 0 aliphatic rings. The first kappa shape index (κ1) is 8.55. The topological polar surface area (TPSA) is 52.7 Å². The van der Waals surface area contributed by atoms with Gasteiger partial charge in [0.15, 0.2) is 0 Å². The van der Waals surface area contributed by atoms with Crippen LogP contribution >= 0.6 is 0 Å². The average Bonchev–Trinajstić information content (AvgIpc) is 2.70. The van der Waals surface area contributed by atoms with E-state index in [1.807, 2.05) is 0 Å². The predicted molar refractivity (Wildman–Crippen MR) is 54.3 cm³/mol. The quantitative estimate of drug-likeness (QED) is 0.657. The molecule has 0 amide bonds. The van der Waals surface area contributed by atoms with Crippen molar-refractivity contribution in [1.29, 1.82) is 0 Å². The number of rotatable bonds is 3. The molecule has 0 saturated heterocycles. The van der Waals surface area contributed by atoms with Gasteiger partial charge in [-0.3, -0.25) is 10.9 Å². The van der Waals surface area contributed by atoms with E-state index < -0.39 is 0 Å². The number of nitrogens with zero attached hydrogens (tertiary/aromatic N) is 1. The number of aromatic amines is 1. The second kappa shape index (κ2) is 3.78. The molecular weight excluding hydrogens is 183 g/mol. The fourth-order valence-corrected chi connectivity index (χ4v) is 0.998. The third kappa shape index (κ3) is 2.01. The van der Waals surface area contributed by atoms with Crippen molar-refractivity contribution in [1.82, 2.24) is 9.97 Å². The Morgan fingerprint density at radius 3 is 2.64 bits per heavy atom. The van der Waals surface area contributed by atoms with Gasteiger partial charge in [0.1, 0.15) is 5.82 Å². The van der Waals surface area contributed by atoms with Crippen LogP contribution in [0.3, 0.4) is 0 Å². The SMILES string of the molecule is Fc1ccc(NNc2ncc[nH]2)cc1.[HH]. The van der Waals surface area contributed by atoms with E-state index in [9.17, 15) is 4.39 Å². The molecule has 3 N–H and O–H groups in total. The third-order valence-corrected chi connectivity index (χ3v) is 1.67. The van der Waals surface area contributed by atoms with Crippen LogP contribution < -0.4 is 10.9 Å². The van der Waals surface area contributed by atoms with Gasteiger partial charge in [-0.2, -0.15) is 0 Å². The summed E-state index contributed by atoms with van der Waals surface area (Å²) in [6.07, 6.45) is 3.34. The summed E-state index contributed by atoms with van der Waals surface area (Å²) in [5.41, 5.74) is 6.45. The van der Waals surface area contributed by atoms with Crippen LogP contribution in [0.2, 0.25) is 0 Å². The van der Waals surface area contributed by atoms with Gasteiger partial charge >= 0.3 is 0 Å². The first-order chi connectivity index (χ1) is 6.84. The van der Waals surface area contributed by atoms with Crippen LogP contribution in [0.4, 0.5) is 16.0 Å². The fourth-order valence-electron chi connectivity index (χ4n) is 0.998. The molecule has 1 heterocycles. The molecule has 2 aromatic rings. The van der Waals surface area contributed by atoms with E-state index in [-0.39, 0.29) is 7.24 Å². The van der Waals surface area contributed by atoms with Crippen molar-refractivity contribution in [2.24, 2.45) is 0 Å². The first-order valence-electron chi connectivity index (χ1n) is 4.11. The molecule has 0 fully saturated rings. The van der Waals surface area contributed by atoms with Gasteiger partial charge in [-0.05, 0) is 24.3 Å². The normalized spacial score (nSPS) is 9.79. The molecule has 2 rings (SSSR count). The van der Waals surface area contributed by atoms with Crippen molar-refractivity contribution < 1.29 is 5.82 Å². The van der Waals surface area contributed by atoms with E-state index in [2.05, 4.69) is 20.8 Å². The summed E-state index contributed by atoms with van der Waals surface area (Å²) in [6.45, 7) is 0. The summed E-state index contributed by atoms with van der Waals surface area (Å²) >= 11 is 0. The molecule has 14 heavy (non-hydrogen) atoms. The van der Waals surface area contributed by atoms with Crippen molar-refractivity contribution in [3.63, 3.8) is 0 Å². The van der Waals surface area contributed by atoms with Gasteiger partial charge in [0.2, 0.25) is 5.95 Å². The molecule has 4 nitrogen and oxygen atoms in total. The number of hydrogen-bond acceptors (Lipinski definition) is 3. The molecule has 1 aromatic heterocycles. The lowest BCUT2D eigenvalue weighted by Crippen LogP contribution is -2.09. The summed E-state index contributed by atoms with van der Waals surface area (Å²) in [5, 5.41) is 0. The summed E-state index contributed by atoms with van der Waals surface area (Å²) in [7, 11) is 0. The maximum Gasteiger partial charge on any atom is 0.219 e. The second-order valence-electron chi connectivity index (χ2n) is 2.69. The highest BCUT2D eigenvalue weighted by atomic mass is 19.1. The number of nitrogens with one attached hydrogen (secondary N) is 3. The number of aromatic nitrogens is 2. The molecule has 0 aliphatic carbocycles. The van der Waals surface area contributed by atoms with Gasteiger partial charge in [-0.25, -0.2) is 9.37 Å². The molecule has 74 valence electrons. The number of hydrogen-bond donors (Lipinski definition) is 3. The van der Waals surface area contributed by atoms with E-state index in [0.717, 1.165) is 5.69 Å². The van der Waals surface area contributed by atoms with Gasteiger partial charge in [0.05, 0.1) is 5.69 Å². The number of halogens is 1. The van der Waals surface area contributed by atoms with Crippen LogP contribution in [0.1, 0.15) is 1.43 Å². The van der Waals surface area contributed by atoms with Crippen molar-refractivity contribution >= 4 is 11.6 Å². The minimum Gasteiger partial charge on any atom is -0.330 e. The highest BCUT2D eigenvalue weighted by molar-refractivity contribution is 5.47. The largest absolute Gasteiger partial charge is 0.330 e. The van der Waals surface area contributed by atoms with Crippen LogP contribution in [0.25, 0.3) is 0 Å². The Balaban J connectivity index is 0.00000112. The average molecular weight is 194 g/mol. The summed E-state index contributed by atoms with van der Waals surface area (Å²) in [5.74, 6) is 0.350. The molecule has 0 radical (unpaired) electrons. The Kier molecular flexibility index (Phi) is 2.31. The van der Waals surface area contributed by atoms with Crippen LogP contribution in [-0.2, 0) is 0 Å². The van der Waals surface area contributed by atoms with E-state index in [0.29, 0.717) is 5.95 Å². The Morgan fingerprint density at radius 2 is 2.00 bits per heavy atom. The Bertz CT molecular complexity index is 387.